The van der Waals surface area contributed by atoms with Crippen molar-refractivity contribution in [1.82, 2.24) is 24.8 Å². The molecular weight excluding hydrogens is 308 g/mol. The van der Waals surface area contributed by atoms with Crippen LogP contribution in [0.5, 0.6) is 0 Å². The number of aromatic amines is 1. The van der Waals surface area contributed by atoms with E-state index in [2.05, 4.69) is 25.3 Å². The molecule has 1 atom stereocenters. The summed E-state index contributed by atoms with van der Waals surface area (Å²) < 4.78 is 1.40. The van der Waals surface area contributed by atoms with Gasteiger partial charge in [0.1, 0.15) is 18.1 Å². The largest absolute Gasteiger partial charge is 0.481 e. The number of carbonyl (C=O) groups excluding carboxylic acids is 1. The van der Waals surface area contributed by atoms with Gasteiger partial charge in [-0.1, -0.05) is 0 Å². The van der Waals surface area contributed by atoms with E-state index in [9.17, 15) is 14.4 Å². The summed E-state index contributed by atoms with van der Waals surface area (Å²) in [7, 11) is 1.56. The van der Waals surface area contributed by atoms with Crippen LogP contribution < -0.4 is 10.8 Å². The van der Waals surface area contributed by atoms with E-state index in [1.807, 2.05) is 0 Å². The summed E-state index contributed by atoms with van der Waals surface area (Å²) >= 11 is 0. The van der Waals surface area contributed by atoms with Crippen molar-refractivity contribution in [3.8, 4) is 0 Å². The van der Waals surface area contributed by atoms with Gasteiger partial charge in [-0.25, -0.2) is 14.8 Å². The first-order valence-corrected chi connectivity index (χ1v) is 6.47. The number of fused-ring (bicyclic) bond motifs is 1. The number of amides is 1. The Morgan fingerprint density at radius 2 is 2.13 bits per heavy atom. The van der Waals surface area contributed by atoms with Gasteiger partial charge in [0.25, 0.3) is 0 Å². The zero-order chi connectivity index (χ0) is 17.0. The fourth-order valence-corrected chi connectivity index (χ4v) is 1.97. The molecule has 0 saturated heterocycles. The zero-order valence-corrected chi connectivity index (χ0v) is 12.1. The smallest absolute Gasteiger partial charge is 0.326 e. The molecule has 0 bridgehead atoms. The van der Waals surface area contributed by atoms with Gasteiger partial charge in [0, 0.05) is 7.05 Å². The van der Waals surface area contributed by atoms with Crippen molar-refractivity contribution >= 4 is 29.0 Å². The topological polar surface area (TPSA) is 163 Å². The third-order valence-corrected chi connectivity index (χ3v) is 2.97. The summed E-state index contributed by atoms with van der Waals surface area (Å²) in [4.78, 5) is 48.4. The number of nitrogens with one attached hydrogen (secondary N) is 2. The molecule has 4 N–H and O–H groups in total. The van der Waals surface area contributed by atoms with Gasteiger partial charge in [-0.05, 0) is 0 Å². The molecule has 0 radical (unpaired) electrons. The van der Waals surface area contributed by atoms with E-state index in [1.165, 1.54) is 17.2 Å². The number of H-pyrrole nitrogens is 1. The van der Waals surface area contributed by atoms with Gasteiger partial charge in [0.2, 0.25) is 5.91 Å². The molecular formula is C12H14N6O5. The Morgan fingerprint density at radius 1 is 1.39 bits per heavy atom. The Hall–Kier alpha value is -3.24. The molecule has 1 amide bonds. The lowest BCUT2D eigenvalue weighted by atomic mass is 10.2. The second-order valence-electron chi connectivity index (χ2n) is 4.58. The van der Waals surface area contributed by atoms with Gasteiger partial charge >= 0.3 is 11.9 Å². The van der Waals surface area contributed by atoms with Crippen molar-refractivity contribution in [1.29, 1.82) is 0 Å². The van der Waals surface area contributed by atoms with Gasteiger partial charge in [-0.2, -0.15) is 0 Å². The van der Waals surface area contributed by atoms with Gasteiger partial charge in [0.05, 0.1) is 19.1 Å². The van der Waals surface area contributed by atoms with E-state index >= 15 is 0 Å². The Balaban J connectivity index is 2.19. The van der Waals surface area contributed by atoms with E-state index in [4.69, 9.17) is 10.2 Å². The van der Waals surface area contributed by atoms with Crippen LogP contribution in [0.3, 0.4) is 0 Å². The van der Waals surface area contributed by atoms with E-state index in [1.54, 1.807) is 7.05 Å². The molecule has 23 heavy (non-hydrogen) atoms. The van der Waals surface area contributed by atoms with Crippen LogP contribution in [-0.4, -0.2) is 60.7 Å². The number of hydrogen-bond donors (Lipinski definition) is 4. The van der Waals surface area contributed by atoms with Crippen LogP contribution in [0, 0.1) is 0 Å². The Labute approximate surface area is 128 Å². The Kier molecular flexibility index (Phi) is 4.69. The molecule has 2 aromatic rings. The number of aliphatic carboxylic acids is 2. The predicted molar refractivity (Wildman–Crippen MR) is 75.2 cm³/mol. The average molecular weight is 322 g/mol. The first kappa shape index (κ1) is 16.1. The summed E-state index contributed by atoms with van der Waals surface area (Å²) in [5.74, 6) is -3.42. The molecule has 0 fully saturated rings. The molecule has 122 valence electrons. The van der Waals surface area contributed by atoms with Crippen molar-refractivity contribution in [3.63, 3.8) is 0 Å². The van der Waals surface area contributed by atoms with Gasteiger partial charge in [0.15, 0.2) is 11.1 Å². The van der Waals surface area contributed by atoms with Crippen molar-refractivity contribution < 1.29 is 24.6 Å². The van der Waals surface area contributed by atoms with Crippen molar-refractivity contribution in [3.05, 3.63) is 18.1 Å². The molecule has 2 heterocycles. The van der Waals surface area contributed by atoms with Gasteiger partial charge < -0.3 is 25.1 Å². The van der Waals surface area contributed by atoms with Crippen LogP contribution in [0.1, 0.15) is 6.42 Å². The first-order valence-electron chi connectivity index (χ1n) is 6.47. The molecule has 0 unspecified atom stereocenters. The minimum atomic E-state index is -1.51. The second-order valence-corrected chi connectivity index (χ2v) is 4.58. The van der Waals surface area contributed by atoms with Crippen LogP contribution in [0.15, 0.2) is 17.6 Å². The van der Waals surface area contributed by atoms with Crippen molar-refractivity contribution in [2.75, 3.05) is 7.05 Å². The molecule has 0 aliphatic carbocycles. The molecule has 11 nitrogen and oxygen atoms in total. The number of nitrogens with zero attached hydrogens (tertiary/aromatic N) is 4. The minimum absolute atomic E-state index is 0.262. The highest BCUT2D eigenvalue weighted by Gasteiger charge is 2.23. The van der Waals surface area contributed by atoms with Gasteiger partial charge in [-0.15, -0.1) is 0 Å². The maximum atomic E-state index is 12.0. The van der Waals surface area contributed by atoms with E-state index in [0.29, 0.717) is 16.7 Å². The zero-order valence-electron chi connectivity index (χ0n) is 12.1. The summed E-state index contributed by atoms with van der Waals surface area (Å²) in [5.41, 5.74) is 1.37. The third-order valence-electron chi connectivity index (χ3n) is 2.97. The molecule has 0 saturated carbocycles. The number of imidazole rings is 1. The maximum Gasteiger partial charge on any atom is 0.326 e. The number of hydrogen-bond acceptors (Lipinski definition) is 6. The van der Waals surface area contributed by atoms with Crippen LogP contribution in [-0.2, 0) is 20.9 Å². The predicted octanol–water partition coefficient (Wildman–Crippen LogP) is -1.67. The highest BCUT2D eigenvalue weighted by atomic mass is 16.4. The van der Waals surface area contributed by atoms with Crippen LogP contribution in [0.25, 0.3) is 11.2 Å². The quantitative estimate of drug-likeness (QED) is 0.494. The molecule has 0 spiro atoms. The standard InChI is InChI=1S/C12H14N6O5/c1-13-10-9-11(15-4-14-9)18(5-16-10)3-7(19)17-6(12(22)23)2-8(20)21/h4-6H,2-3H2,1H3,(H,14,15)(H,17,19)(H,20,21)(H,22,23)/t6-/m0/s1. The lowest BCUT2D eigenvalue weighted by Gasteiger charge is -2.13. The molecule has 0 aliphatic rings. The fourth-order valence-electron chi connectivity index (χ4n) is 1.97. The van der Waals surface area contributed by atoms with Gasteiger partial charge in [-0.3, -0.25) is 14.6 Å². The van der Waals surface area contributed by atoms with Crippen molar-refractivity contribution in [2.24, 2.45) is 4.99 Å². The average Bonchev–Trinajstić information content (AvgIpc) is 2.96. The van der Waals surface area contributed by atoms with Crippen LogP contribution in [0.2, 0.25) is 0 Å². The fraction of sp³-hybridized carbons (Fsp3) is 0.333. The lowest BCUT2D eigenvalue weighted by molar-refractivity contribution is -0.147. The molecule has 11 heteroatoms. The Morgan fingerprint density at radius 3 is 2.74 bits per heavy atom. The monoisotopic (exact) mass is 322 g/mol. The third kappa shape index (κ3) is 3.70. The molecule has 2 rings (SSSR count). The van der Waals surface area contributed by atoms with E-state index < -0.39 is 30.3 Å². The molecule has 0 aliphatic heterocycles. The number of rotatable bonds is 6. The maximum absolute atomic E-state index is 12.0. The second kappa shape index (κ2) is 6.68. The number of carbonyl (C=O) groups is 3. The SMILES string of the molecule is CN=c1ncn(CC(=O)N[C@@H](CC(=O)O)C(=O)O)c2nc[nH]c12. The highest BCUT2D eigenvalue weighted by Crippen LogP contribution is 2.03. The van der Waals surface area contributed by atoms with E-state index in [0.717, 1.165) is 0 Å². The number of carboxylic acid groups (broad SMARTS) is 2. The summed E-state index contributed by atoms with van der Waals surface area (Å²) in [6, 6.07) is -1.51. The highest BCUT2D eigenvalue weighted by molar-refractivity contribution is 5.87. The summed E-state index contributed by atoms with van der Waals surface area (Å²) in [6.07, 6.45) is 2.05. The summed E-state index contributed by atoms with van der Waals surface area (Å²) in [5, 5.41) is 19.7. The van der Waals surface area contributed by atoms with E-state index in [-0.39, 0.29) is 6.54 Å². The van der Waals surface area contributed by atoms with Crippen molar-refractivity contribution in [2.45, 2.75) is 19.0 Å². The number of aromatic nitrogens is 4. The molecule has 0 aromatic carbocycles. The normalized spacial score (nSPS) is 13.0. The minimum Gasteiger partial charge on any atom is -0.481 e. The molecule has 2 aromatic heterocycles. The summed E-state index contributed by atoms with van der Waals surface area (Å²) in [6.45, 7) is -0.262. The van der Waals surface area contributed by atoms with Crippen LogP contribution in [0.4, 0.5) is 0 Å². The lowest BCUT2D eigenvalue weighted by Crippen LogP contribution is -2.43. The number of carboxylic acids is 2. The first-order chi connectivity index (χ1) is 10.9. The Bertz CT molecular complexity index is 823. The van der Waals surface area contributed by atoms with Crippen LogP contribution >= 0.6 is 0 Å².